The molecule has 5 rings (SSSR count). The Morgan fingerprint density at radius 2 is 1.97 bits per heavy atom. The van der Waals surface area contributed by atoms with Crippen LogP contribution in [-0.2, 0) is 9.53 Å². The van der Waals surface area contributed by atoms with Crippen LogP contribution in [0.4, 0.5) is 5.95 Å². The second-order valence-corrected chi connectivity index (χ2v) is 9.64. The van der Waals surface area contributed by atoms with E-state index in [0.29, 0.717) is 12.5 Å². The van der Waals surface area contributed by atoms with E-state index in [4.69, 9.17) is 4.74 Å². The molecule has 3 heterocycles. The fourth-order valence-electron chi connectivity index (χ4n) is 6.14. The molecule has 2 aliphatic heterocycles. The highest BCUT2D eigenvalue weighted by atomic mass is 16.6. The molecule has 6 atom stereocenters. The number of allylic oxidation sites excluding steroid dienone is 1. The smallest absolute Gasteiger partial charge is 0.311 e. The van der Waals surface area contributed by atoms with Crippen molar-refractivity contribution < 1.29 is 14.6 Å². The molecule has 30 heavy (non-hydrogen) atoms. The van der Waals surface area contributed by atoms with Gasteiger partial charge in [0.2, 0.25) is 5.95 Å². The highest BCUT2D eigenvalue weighted by Crippen LogP contribution is 2.56. The van der Waals surface area contributed by atoms with E-state index in [-0.39, 0.29) is 29.3 Å². The van der Waals surface area contributed by atoms with Crippen molar-refractivity contribution in [2.45, 2.75) is 45.3 Å². The molecule has 4 aliphatic rings. The van der Waals surface area contributed by atoms with Gasteiger partial charge >= 0.3 is 5.97 Å². The van der Waals surface area contributed by atoms with E-state index in [1.807, 2.05) is 6.07 Å². The van der Waals surface area contributed by atoms with Crippen molar-refractivity contribution in [3.63, 3.8) is 0 Å². The van der Waals surface area contributed by atoms with E-state index in [2.05, 4.69) is 39.7 Å². The van der Waals surface area contributed by atoms with Crippen molar-refractivity contribution in [1.29, 1.82) is 0 Å². The molecule has 162 valence electrons. The number of aliphatic hydroxyl groups is 1. The van der Waals surface area contributed by atoms with Gasteiger partial charge in [-0.1, -0.05) is 25.5 Å². The minimum Gasteiger partial charge on any atom is -0.461 e. The van der Waals surface area contributed by atoms with E-state index in [9.17, 15) is 9.90 Å². The van der Waals surface area contributed by atoms with Crippen LogP contribution in [0.15, 0.2) is 30.1 Å². The van der Waals surface area contributed by atoms with E-state index >= 15 is 0 Å². The van der Waals surface area contributed by atoms with Gasteiger partial charge in [-0.15, -0.1) is 0 Å². The maximum absolute atomic E-state index is 12.8. The van der Waals surface area contributed by atoms with Gasteiger partial charge in [0, 0.05) is 62.9 Å². The zero-order chi connectivity index (χ0) is 20.9. The van der Waals surface area contributed by atoms with Gasteiger partial charge in [-0.3, -0.25) is 9.69 Å². The van der Waals surface area contributed by atoms with Crippen molar-refractivity contribution in [2.75, 3.05) is 37.6 Å². The molecule has 0 amide bonds. The Morgan fingerprint density at radius 3 is 2.70 bits per heavy atom. The number of carbonyl (C=O) groups excluding carboxylic acids is 1. The molecule has 3 fully saturated rings. The minimum absolute atomic E-state index is 0.115. The molecule has 1 aromatic rings. The predicted octanol–water partition coefficient (Wildman–Crippen LogP) is 1.88. The first-order valence-electron chi connectivity index (χ1n) is 11.3. The SMILES string of the molecule is C[C@H]1CCC=C2C[C@H]3OC(=O)[C@H](CN4CCN(c5ncccn5)CC4)[C@@H]3[C@@H](O)[C@@]21C. The molecular weight excluding hydrogens is 380 g/mol. The number of hydrogen-bond donors (Lipinski definition) is 1. The normalized spacial score (nSPS) is 39.2. The zero-order valence-corrected chi connectivity index (χ0v) is 17.9. The summed E-state index contributed by atoms with van der Waals surface area (Å²) in [5.74, 6) is 0.680. The first-order chi connectivity index (χ1) is 14.5. The summed E-state index contributed by atoms with van der Waals surface area (Å²) in [5.41, 5.74) is 1.05. The minimum atomic E-state index is -0.534. The Morgan fingerprint density at radius 1 is 1.23 bits per heavy atom. The number of fused-ring (bicyclic) bond motifs is 2. The van der Waals surface area contributed by atoms with Gasteiger partial charge in [0.25, 0.3) is 0 Å². The number of esters is 1. The Labute approximate surface area is 178 Å². The lowest BCUT2D eigenvalue weighted by molar-refractivity contribution is -0.145. The van der Waals surface area contributed by atoms with E-state index in [0.717, 1.165) is 51.4 Å². The molecule has 2 aliphatic carbocycles. The summed E-state index contributed by atoms with van der Waals surface area (Å²) in [5, 5.41) is 11.5. The number of piperazine rings is 1. The van der Waals surface area contributed by atoms with Crippen molar-refractivity contribution in [2.24, 2.45) is 23.2 Å². The molecule has 2 saturated heterocycles. The number of nitrogens with zero attached hydrogens (tertiary/aromatic N) is 4. The molecule has 0 radical (unpaired) electrons. The molecule has 0 unspecified atom stereocenters. The van der Waals surface area contributed by atoms with Gasteiger partial charge < -0.3 is 14.7 Å². The quantitative estimate of drug-likeness (QED) is 0.600. The summed E-state index contributed by atoms with van der Waals surface area (Å²) in [6, 6.07) is 1.83. The van der Waals surface area contributed by atoms with Gasteiger partial charge in [-0.2, -0.15) is 0 Å². The summed E-state index contributed by atoms with van der Waals surface area (Å²) >= 11 is 0. The van der Waals surface area contributed by atoms with E-state index < -0.39 is 6.10 Å². The molecule has 7 heteroatoms. The second kappa shape index (κ2) is 7.61. The summed E-state index contributed by atoms with van der Waals surface area (Å²) in [4.78, 5) is 26.0. The van der Waals surface area contributed by atoms with Gasteiger partial charge in [-0.05, 0) is 24.8 Å². The standard InChI is InChI=1S/C23H32N4O3/c1-15-5-3-6-16-13-18-19(20(28)23(15,16)2)17(21(29)30-18)14-26-9-11-27(12-10-26)22-24-7-4-8-25-22/h4,6-8,15,17-20,28H,3,5,9-14H2,1-2H3/t15-,17+,18+,19-,20+,23+/m0/s1. The maximum Gasteiger partial charge on any atom is 0.311 e. The Balaban J connectivity index is 1.28. The van der Waals surface area contributed by atoms with Crippen LogP contribution in [0.5, 0.6) is 0 Å². The number of carbonyl (C=O) groups is 1. The van der Waals surface area contributed by atoms with E-state index in [1.54, 1.807) is 12.4 Å². The van der Waals surface area contributed by atoms with Crippen LogP contribution >= 0.6 is 0 Å². The maximum atomic E-state index is 12.8. The van der Waals surface area contributed by atoms with Crippen LogP contribution in [0.1, 0.15) is 33.1 Å². The number of aromatic nitrogens is 2. The topological polar surface area (TPSA) is 78.8 Å². The number of hydrogen-bond acceptors (Lipinski definition) is 7. The Kier molecular flexibility index (Phi) is 5.06. The molecule has 0 spiro atoms. The summed E-state index contributed by atoms with van der Waals surface area (Å²) in [7, 11) is 0. The number of anilines is 1. The molecular formula is C23H32N4O3. The van der Waals surface area contributed by atoms with Gasteiger partial charge in [-0.25, -0.2) is 9.97 Å². The first-order valence-corrected chi connectivity index (χ1v) is 11.3. The Hall–Kier alpha value is -1.99. The lowest BCUT2D eigenvalue weighted by Gasteiger charge is -2.52. The molecule has 1 saturated carbocycles. The summed E-state index contributed by atoms with van der Waals surface area (Å²) in [6.45, 7) is 8.48. The van der Waals surface area contributed by atoms with Gasteiger partial charge in [0.1, 0.15) is 6.10 Å². The summed E-state index contributed by atoms with van der Waals surface area (Å²) in [6.07, 6.45) is 8.04. The fraction of sp³-hybridized carbons (Fsp3) is 0.696. The highest BCUT2D eigenvalue weighted by molar-refractivity contribution is 5.76. The number of rotatable bonds is 3. The van der Waals surface area contributed by atoms with Crippen LogP contribution in [0.2, 0.25) is 0 Å². The molecule has 1 N–H and O–H groups in total. The molecule has 1 aromatic heterocycles. The first kappa shape index (κ1) is 19.9. The monoisotopic (exact) mass is 412 g/mol. The highest BCUT2D eigenvalue weighted by Gasteiger charge is 2.59. The molecule has 7 nitrogen and oxygen atoms in total. The van der Waals surface area contributed by atoms with Crippen LogP contribution in [0.3, 0.4) is 0 Å². The average Bonchev–Trinajstić information content (AvgIpc) is 3.07. The van der Waals surface area contributed by atoms with Crippen molar-refractivity contribution in [1.82, 2.24) is 14.9 Å². The van der Waals surface area contributed by atoms with Gasteiger partial charge in [0.05, 0.1) is 12.0 Å². The number of ether oxygens (including phenoxy) is 1. The van der Waals surface area contributed by atoms with Crippen molar-refractivity contribution >= 4 is 11.9 Å². The van der Waals surface area contributed by atoms with Crippen LogP contribution in [0, 0.1) is 23.2 Å². The molecule has 0 bridgehead atoms. The second-order valence-electron chi connectivity index (χ2n) is 9.64. The lowest BCUT2D eigenvalue weighted by Crippen LogP contribution is -2.55. The number of aliphatic hydroxyl groups excluding tert-OH is 1. The predicted molar refractivity (Wildman–Crippen MR) is 113 cm³/mol. The molecule has 0 aromatic carbocycles. The third-order valence-corrected chi connectivity index (χ3v) is 8.23. The van der Waals surface area contributed by atoms with Gasteiger partial charge in [0.15, 0.2) is 0 Å². The third kappa shape index (κ3) is 3.14. The van der Waals surface area contributed by atoms with Crippen LogP contribution in [0.25, 0.3) is 0 Å². The van der Waals surface area contributed by atoms with Crippen molar-refractivity contribution in [3.8, 4) is 0 Å². The van der Waals surface area contributed by atoms with Crippen molar-refractivity contribution in [3.05, 3.63) is 30.1 Å². The zero-order valence-electron chi connectivity index (χ0n) is 17.9. The average molecular weight is 413 g/mol. The lowest BCUT2D eigenvalue weighted by atomic mass is 9.55. The third-order valence-electron chi connectivity index (χ3n) is 8.23. The summed E-state index contributed by atoms with van der Waals surface area (Å²) < 4.78 is 5.81. The largest absolute Gasteiger partial charge is 0.461 e. The van der Waals surface area contributed by atoms with Crippen LogP contribution < -0.4 is 4.90 Å². The fourth-order valence-corrected chi connectivity index (χ4v) is 6.14. The Bertz CT molecular complexity index is 823. The van der Waals surface area contributed by atoms with E-state index in [1.165, 1.54) is 5.57 Å². The van der Waals surface area contributed by atoms with Crippen LogP contribution in [-0.4, -0.2) is 70.9 Å².